The Labute approximate surface area is 142 Å². The lowest BCUT2D eigenvalue weighted by molar-refractivity contribution is 0.137. The summed E-state index contributed by atoms with van der Waals surface area (Å²) in [5, 5.41) is 3.52. The van der Waals surface area contributed by atoms with E-state index in [-0.39, 0.29) is 0 Å². The third-order valence-electron chi connectivity index (χ3n) is 4.48. The summed E-state index contributed by atoms with van der Waals surface area (Å²) in [5.74, 6) is 1.65. The second kappa shape index (κ2) is 7.07. The number of hydrogen-bond donors (Lipinski definition) is 1. The smallest absolute Gasteiger partial charge is 0.226 e. The van der Waals surface area contributed by atoms with Crippen LogP contribution in [0.5, 0.6) is 0 Å². The molecule has 4 nitrogen and oxygen atoms in total. The fourth-order valence-electron chi connectivity index (χ4n) is 2.94. The Morgan fingerprint density at radius 1 is 1.30 bits per heavy atom. The van der Waals surface area contributed by atoms with Crippen LogP contribution in [0.4, 0.5) is 0 Å². The molecule has 124 valence electrons. The quantitative estimate of drug-likeness (QED) is 0.868. The molecule has 1 saturated heterocycles. The van der Waals surface area contributed by atoms with E-state index in [0.717, 1.165) is 42.5 Å². The number of rotatable bonds is 4. The van der Waals surface area contributed by atoms with E-state index >= 15 is 0 Å². The third-order valence-corrected chi connectivity index (χ3v) is 5.22. The summed E-state index contributed by atoms with van der Waals surface area (Å²) in [5.41, 5.74) is 2.09. The van der Waals surface area contributed by atoms with Gasteiger partial charge in [-0.1, -0.05) is 0 Å². The van der Waals surface area contributed by atoms with E-state index in [1.165, 1.54) is 4.90 Å². The molecule has 2 aromatic rings. The molecule has 1 aliphatic rings. The minimum absolute atomic E-state index is 0.520. The van der Waals surface area contributed by atoms with Gasteiger partial charge >= 0.3 is 0 Å². The van der Waals surface area contributed by atoms with Crippen LogP contribution in [-0.4, -0.2) is 41.3 Å². The molecule has 3 rings (SSSR count). The number of benzene rings is 1. The van der Waals surface area contributed by atoms with Crippen LogP contribution in [0, 0.1) is 6.92 Å². The van der Waals surface area contributed by atoms with Crippen molar-refractivity contribution in [3.05, 3.63) is 35.7 Å². The summed E-state index contributed by atoms with van der Waals surface area (Å²) in [6.45, 7) is 9.43. The highest BCUT2D eigenvalue weighted by Crippen LogP contribution is 2.25. The summed E-state index contributed by atoms with van der Waals surface area (Å²) >= 11 is 1.74. The summed E-state index contributed by atoms with van der Waals surface area (Å²) in [7, 11) is 0. The lowest BCUT2D eigenvalue weighted by Crippen LogP contribution is -2.53. The van der Waals surface area contributed by atoms with E-state index in [9.17, 15) is 0 Å². The SMILES string of the molecule is CSc1ccc(-c2nc(CN3C[C@@H](C)NC[C@@H]3C)c(C)o2)cc1. The lowest BCUT2D eigenvalue weighted by Gasteiger charge is -2.37. The number of thioether (sulfide) groups is 1. The first-order valence-electron chi connectivity index (χ1n) is 8.15. The highest BCUT2D eigenvalue weighted by Gasteiger charge is 2.24. The first-order valence-corrected chi connectivity index (χ1v) is 9.37. The zero-order valence-electron chi connectivity index (χ0n) is 14.3. The molecule has 2 heterocycles. The normalized spacial score (nSPS) is 22.4. The van der Waals surface area contributed by atoms with Gasteiger partial charge in [0, 0.05) is 42.2 Å². The monoisotopic (exact) mass is 331 g/mol. The first-order chi connectivity index (χ1) is 11.1. The second-order valence-electron chi connectivity index (χ2n) is 6.34. The number of hydrogen-bond acceptors (Lipinski definition) is 5. The number of oxazole rings is 1. The predicted molar refractivity (Wildman–Crippen MR) is 95.8 cm³/mol. The molecular weight excluding hydrogens is 306 g/mol. The van der Waals surface area contributed by atoms with Gasteiger partial charge in [0.1, 0.15) is 5.76 Å². The van der Waals surface area contributed by atoms with Gasteiger partial charge in [0.2, 0.25) is 5.89 Å². The highest BCUT2D eigenvalue weighted by molar-refractivity contribution is 7.98. The molecule has 0 aliphatic carbocycles. The number of aryl methyl sites for hydroxylation is 1. The average Bonchev–Trinajstić information content (AvgIpc) is 2.92. The predicted octanol–water partition coefficient (Wildman–Crippen LogP) is 3.55. The molecule has 0 amide bonds. The Morgan fingerprint density at radius 3 is 2.74 bits per heavy atom. The molecule has 1 fully saturated rings. The van der Waals surface area contributed by atoms with E-state index < -0.39 is 0 Å². The maximum absolute atomic E-state index is 5.92. The standard InChI is InChI=1S/C18H25N3OS/c1-12-10-21(13(2)9-19-12)11-17-14(3)22-18(20-17)15-5-7-16(23-4)8-6-15/h5-8,12-13,19H,9-11H2,1-4H3/t12-,13+/m1/s1. The Bertz CT molecular complexity index is 653. The van der Waals surface area contributed by atoms with Crippen molar-refractivity contribution in [3.8, 4) is 11.5 Å². The fraction of sp³-hybridized carbons (Fsp3) is 0.500. The van der Waals surface area contributed by atoms with Gasteiger partial charge in [0.15, 0.2) is 0 Å². The number of aromatic nitrogens is 1. The largest absolute Gasteiger partial charge is 0.441 e. The lowest BCUT2D eigenvalue weighted by atomic mass is 10.1. The van der Waals surface area contributed by atoms with Crippen LogP contribution >= 0.6 is 11.8 Å². The van der Waals surface area contributed by atoms with Crippen molar-refractivity contribution < 1.29 is 4.42 Å². The molecule has 2 atom stereocenters. The molecule has 5 heteroatoms. The van der Waals surface area contributed by atoms with Crippen molar-refractivity contribution in [2.45, 2.75) is 44.3 Å². The molecule has 1 N–H and O–H groups in total. The fourth-order valence-corrected chi connectivity index (χ4v) is 3.35. The molecule has 0 bridgehead atoms. The first kappa shape index (κ1) is 16.6. The Hall–Kier alpha value is -1.30. The van der Waals surface area contributed by atoms with Gasteiger partial charge in [-0.2, -0.15) is 0 Å². The van der Waals surface area contributed by atoms with E-state index in [2.05, 4.69) is 54.6 Å². The van der Waals surface area contributed by atoms with Crippen molar-refractivity contribution in [2.24, 2.45) is 0 Å². The Morgan fingerprint density at radius 2 is 2.04 bits per heavy atom. The van der Waals surface area contributed by atoms with Crippen LogP contribution in [0.3, 0.4) is 0 Å². The molecule has 23 heavy (non-hydrogen) atoms. The van der Waals surface area contributed by atoms with Crippen molar-refractivity contribution >= 4 is 11.8 Å². The van der Waals surface area contributed by atoms with Crippen molar-refractivity contribution in [1.29, 1.82) is 0 Å². The van der Waals surface area contributed by atoms with Crippen molar-refractivity contribution in [3.63, 3.8) is 0 Å². The molecule has 1 aromatic heterocycles. The third kappa shape index (κ3) is 3.79. The Balaban J connectivity index is 1.77. The van der Waals surface area contributed by atoms with Crippen LogP contribution in [0.2, 0.25) is 0 Å². The van der Waals surface area contributed by atoms with Gasteiger partial charge in [-0.25, -0.2) is 4.98 Å². The molecule has 1 aliphatic heterocycles. The zero-order valence-corrected chi connectivity index (χ0v) is 15.1. The molecular formula is C18H25N3OS. The molecule has 0 spiro atoms. The van der Waals surface area contributed by atoms with E-state index in [0.29, 0.717) is 12.1 Å². The molecule has 0 saturated carbocycles. The molecule has 0 unspecified atom stereocenters. The Kier molecular flexibility index (Phi) is 5.09. The van der Waals surface area contributed by atoms with Crippen LogP contribution in [0.1, 0.15) is 25.3 Å². The van der Waals surface area contributed by atoms with Gasteiger partial charge < -0.3 is 9.73 Å². The van der Waals surface area contributed by atoms with Crippen LogP contribution in [-0.2, 0) is 6.54 Å². The van der Waals surface area contributed by atoms with Crippen LogP contribution in [0.15, 0.2) is 33.6 Å². The maximum atomic E-state index is 5.92. The zero-order chi connectivity index (χ0) is 16.4. The summed E-state index contributed by atoms with van der Waals surface area (Å²) in [4.78, 5) is 8.48. The van der Waals surface area contributed by atoms with Crippen LogP contribution < -0.4 is 5.32 Å². The second-order valence-corrected chi connectivity index (χ2v) is 7.22. The van der Waals surface area contributed by atoms with Gasteiger partial charge in [-0.3, -0.25) is 4.90 Å². The van der Waals surface area contributed by atoms with E-state index in [4.69, 9.17) is 9.40 Å². The molecule has 0 radical (unpaired) electrons. The van der Waals surface area contributed by atoms with Crippen LogP contribution in [0.25, 0.3) is 11.5 Å². The number of piperazine rings is 1. The maximum Gasteiger partial charge on any atom is 0.226 e. The van der Waals surface area contributed by atoms with Gasteiger partial charge in [-0.15, -0.1) is 11.8 Å². The minimum atomic E-state index is 0.520. The minimum Gasteiger partial charge on any atom is -0.441 e. The van der Waals surface area contributed by atoms with Crippen molar-refractivity contribution in [1.82, 2.24) is 15.2 Å². The molecule has 1 aromatic carbocycles. The van der Waals surface area contributed by atoms with Gasteiger partial charge in [0.05, 0.1) is 5.69 Å². The summed E-state index contributed by atoms with van der Waals surface area (Å²) < 4.78 is 5.92. The van der Waals surface area contributed by atoms with E-state index in [1.54, 1.807) is 11.8 Å². The number of nitrogens with one attached hydrogen (secondary N) is 1. The topological polar surface area (TPSA) is 41.3 Å². The van der Waals surface area contributed by atoms with Gasteiger partial charge in [0.25, 0.3) is 0 Å². The van der Waals surface area contributed by atoms with Crippen molar-refractivity contribution in [2.75, 3.05) is 19.3 Å². The van der Waals surface area contributed by atoms with Gasteiger partial charge in [-0.05, 0) is 51.3 Å². The number of nitrogens with zero attached hydrogens (tertiary/aromatic N) is 2. The summed E-state index contributed by atoms with van der Waals surface area (Å²) in [6.07, 6.45) is 2.08. The average molecular weight is 331 g/mol. The van der Waals surface area contributed by atoms with E-state index in [1.807, 2.05) is 6.92 Å². The highest BCUT2D eigenvalue weighted by atomic mass is 32.2. The summed E-state index contributed by atoms with van der Waals surface area (Å²) in [6, 6.07) is 9.43.